The fourth-order valence-electron chi connectivity index (χ4n) is 4.75. The van der Waals surface area contributed by atoms with E-state index in [9.17, 15) is 18.0 Å². The fraction of sp³-hybridized carbons (Fsp3) is 0.333. The van der Waals surface area contributed by atoms with Crippen molar-refractivity contribution in [3.05, 3.63) is 93.4 Å². The normalized spacial score (nSPS) is 14.5. The third-order valence-electron chi connectivity index (χ3n) is 7.19. The molecule has 1 aliphatic rings. The number of sulfonamides is 1. The van der Waals surface area contributed by atoms with E-state index in [1.807, 2.05) is 31.2 Å². The van der Waals surface area contributed by atoms with Crippen LogP contribution in [0.15, 0.2) is 82.2 Å². The Morgan fingerprint density at radius 2 is 1.68 bits per heavy atom. The van der Waals surface area contributed by atoms with Crippen molar-refractivity contribution in [1.29, 1.82) is 0 Å². The number of nitrogens with zero attached hydrogens (tertiary/aromatic N) is 2. The molecule has 3 aromatic rings. The lowest BCUT2D eigenvalue weighted by atomic mass is 10.1. The maximum absolute atomic E-state index is 14.0. The van der Waals surface area contributed by atoms with Crippen molar-refractivity contribution in [2.45, 2.75) is 63.1 Å². The fourth-order valence-corrected chi connectivity index (χ4v) is 6.61. The second kappa shape index (κ2) is 13.2. The molecule has 0 bridgehead atoms. The molecular weight excluding hydrogens is 614 g/mol. The summed E-state index contributed by atoms with van der Waals surface area (Å²) in [5.74, 6) is -0.763. The van der Waals surface area contributed by atoms with Gasteiger partial charge in [0.25, 0.3) is 10.0 Å². The molecule has 0 spiro atoms. The Kier molecular flexibility index (Phi) is 9.92. The molecule has 3 aromatic carbocycles. The van der Waals surface area contributed by atoms with Gasteiger partial charge in [0.15, 0.2) is 0 Å². The molecule has 2 amide bonds. The maximum Gasteiger partial charge on any atom is 0.264 e. The summed E-state index contributed by atoms with van der Waals surface area (Å²) in [5, 5.41) is 3.46. The number of hydrogen-bond donors (Lipinski definition) is 1. The predicted octanol–water partition coefficient (Wildman–Crippen LogP) is 6.08. The van der Waals surface area contributed by atoms with E-state index in [0.717, 1.165) is 45.6 Å². The second-order valence-electron chi connectivity index (χ2n) is 10.1. The Balaban J connectivity index is 1.69. The number of carbonyl (C=O) groups excluding carboxylic acids is 2. The average molecular weight is 647 g/mol. The largest absolute Gasteiger partial charge is 0.352 e. The predicted molar refractivity (Wildman–Crippen MR) is 162 cm³/mol. The van der Waals surface area contributed by atoms with Crippen LogP contribution in [-0.4, -0.2) is 43.8 Å². The number of amides is 2. The van der Waals surface area contributed by atoms with Crippen LogP contribution in [0, 0.1) is 6.92 Å². The number of halogens is 2. The molecule has 40 heavy (non-hydrogen) atoms. The van der Waals surface area contributed by atoms with Crippen LogP contribution < -0.4 is 9.62 Å². The first-order valence-corrected chi connectivity index (χ1v) is 15.9. The van der Waals surface area contributed by atoms with Crippen LogP contribution in [-0.2, 0) is 26.2 Å². The number of aryl methyl sites for hydroxylation is 1. The molecule has 1 atom stereocenters. The van der Waals surface area contributed by atoms with Crippen molar-refractivity contribution in [2.75, 3.05) is 10.8 Å². The van der Waals surface area contributed by atoms with Crippen molar-refractivity contribution < 1.29 is 18.0 Å². The molecule has 0 aromatic heterocycles. The maximum atomic E-state index is 14.0. The van der Waals surface area contributed by atoms with Crippen LogP contribution in [0.2, 0.25) is 5.02 Å². The third kappa shape index (κ3) is 7.25. The summed E-state index contributed by atoms with van der Waals surface area (Å²) >= 11 is 9.80. The van der Waals surface area contributed by atoms with Gasteiger partial charge in [0, 0.05) is 22.1 Å². The van der Waals surface area contributed by atoms with E-state index in [1.165, 1.54) is 17.0 Å². The quantitative estimate of drug-likeness (QED) is 0.289. The van der Waals surface area contributed by atoms with Crippen LogP contribution in [0.4, 0.5) is 5.69 Å². The van der Waals surface area contributed by atoms with Crippen molar-refractivity contribution in [1.82, 2.24) is 10.2 Å². The van der Waals surface area contributed by atoms with Crippen molar-refractivity contribution in [3.8, 4) is 0 Å². The minimum absolute atomic E-state index is 0.0472. The van der Waals surface area contributed by atoms with E-state index in [1.54, 1.807) is 43.3 Å². The number of benzene rings is 3. The number of carbonyl (C=O) groups is 2. The van der Waals surface area contributed by atoms with Crippen molar-refractivity contribution in [2.24, 2.45) is 0 Å². The molecule has 0 heterocycles. The zero-order valence-electron chi connectivity index (χ0n) is 22.5. The van der Waals surface area contributed by atoms with Gasteiger partial charge in [-0.25, -0.2) is 8.42 Å². The Bertz CT molecular complexity index is 1450. The average Bonchev–Trinajstić information content (AvgIpc) is 3.46. The van der Waals surface area contributed by atoms with Gasteiger partial charge in [0.05, 0.1) is 10.6 Å². The highest BCUT2D eigenvalue weighted by atomic mass is 79.9. The highest BCUT2D eigenvalue weighted by Crippen LogP contribution is 2.29. The van der Waals surface area contributed by atoms with Crippen LogP contribution in [0.1, 0.15) is 43.7 Å². The van der Waals surface area contributed by atoms with E-state index >= 15 is 0 Å². The SMILES string of the molecule is Cc1ccc(N(CC(=O)N(Cc2ccc(Br)cc2)[C@H](C)C(=O)NC2CCCC2)S(=O)(=O)c2ccccc2)cc1Cl. The summed E-state index contributed by atoms with van der Waals surface area (Å²) in [6.07, 6.45) is 3.95. The van der Waals surface area contributed by atoms with Gasteiger partial charge < -0.3 is 10.2 Å². The molecular formula is C30H33BrClN3O4S. The minimum atomic E-state index is -4.13. The molecule has 0 radical (unpaired) electrons. The smallest absolute Gasteiger partial charge is 0.264 e. The molecule has 4 rings (SSSR count). The zero-order chi connectivity index (χ0) is 28.9. The lowest BCUT2D eigenvalue weighted by molar-refractivity contribution is -0.139. The topological polar surface area (TPSA) is 86.8 Å². The molecule has 1 N–H and O–H groups in total. The first kappa shape index (κ1) is 30.1. The summed E-state index contributed by atoms with van der Waals surface area (Å²) < 4.78 is 29.6. The van der Waals surface area contributed by atoms with Crippen LogP contribution in [0.5, 0.6) is 0 Å². The van der Waals surface area contributed by atoms with Gasteiger partial charge in [-0.15, -0.1) is 0 Å². The van der Waals surface area contributed by atoms with Gasteiger partial charge in [-0.3, -0.25) is 13.9 Å². The first-order valence-electron chi connectivity index (χ1n) is 13.2. The van der Waals surface area contributed by atoms with Crippen LogP contribution in [0.3, 0.4) is 0 Å². The van der Waals surface area contributed by atoms with Gasteiger partial charge >= 0.3 is 0 Å². The molecule has 7 nitrogen and oxygen atoms in total. The molecule has 1 fully saturated rings. The summed E-state index contributed by atoms with van der Waals surface area (Å²) in [5.41, 5.74) is 1.86. The number of nitrogens with one attached hydrogen (secondary N) is 1. The summed E-state index contributed by atoms with van der Waals surface area (Å²) in [7, 11) is -4.13. The summed E-state index contributed by atoms with van der Waals surface area (Å²) in [6, 6.07) is 19.6. The Labute approximate surface area is 249 Å². The molecule has 1 aliphatic carbocycles. The molecule has 0 unspecified atom stereocenters. The monoisotopic (exact) mass is 645 g/mol. The lowest BCUT2D eigenvalue weighted by Gasteiger charge is -2.32. The van der Waals surface area contributed by atoms with E-state index in [2.05, 4.69) is 21.2 Å². The van der Waals surface area contributed by atoms with Crippen molar-refractivity contribution >= 4 is 55.1 Å². The molecule has 212 valence electrons. The Hall–Kier alpha value is -2.88. The highest BCUT2D eigenvalue weighted by molar-refractivity contribution is 9.10. The zero-order valence-corrected chi connectivity index (χ0v) is 25.7. The van der Waals surface area contributed by atoms with Gasteiger partial charge in [0.1, 0.15) is 12.6 Å². The summed E-state index contributed by atoms with van der Waals surface area (Å²) in [6.45, 7) is 3.13. The van der Waals surface area contributed by atoms with Gasteiger partial charge in [-0.05, 0) is 74.2 Å². The van der Waals surface area contributed by atoms with Crippen LogP contribution >= 0.6 is 27.5 Å². The van der Waals surface area contributed by atoms with Crippen molar-refractivity contribution in [3.63, 3.8) is 0 Å². The highest BCUT2D eigenvalue weighted by Gasteiger charge is 2.33. The molecule has 10 heteroatoms. The summed E-state index contributed by atoms with van der Waals surface area (Å²) in [4.78, 5) is 28.8. The number of hydrogen-bond acceptors (Lipinski definition) is 4. The lowest BCUT2D eigenvalue weighted by Crippen LogP contribution is -2.52. The van der Waals surface area contributed by atoms with Gasteiger partial charge in [-0.2, -0.15) is 0 Å². The van der Waals surface area contributed by atoms with Crippen LogP contribution in [0.25, 0.3) is 0 Å². The van der Waals surface area contributed by atoms with Gasteiger partial charge in [-0.1, -0.05) is 76.8 Å². The molecule has 0 saturated heterocycles. The Morgan fingerprint density at radius 3 is 2.30 bits per heavy atom. The van der Waals surface area contributed by atoms with E-state index in [0.29, 0.717) is 5.02 Å². The van der Waals surface area contributed by atoms with E-state index < -0.39 is 28.5 Å². The van der Waals surface area contributed by atoms with E-state index in [4.69, 9.17) is 11.6 Å². The third-order valence-corrected chi connectivity index (χ3v) is 9.91. The molecule has 1 saturated carbocycles. The minimum Gasteiger partial charge on any atom is -0.352 e. The Morgan fingerprint density at radius 1 is 1.02 bits per heavy atom. The number of rotatable bonds is 10. The number of anilines is 1. The first-order chi connectivity index (χ1) is 19.1. The second-order valence-corrected chi connectivity index (χ2v) is 13.3. The standard InChI is InChI=1S/C30H33BrClN3O4S/c1-21-12-17-26(18-28(21)32)35(40(38,39)27-10-4-3-5-11-27)20-29(36)34(19-23-13-15-24(31)16-14-23)22(2)30(37)33-25-8-6-7-9-25/h3-5,10-18,22,25H,6-9,19-20H2,1-2H3,(H,33,37)/t22-/m1/s1. The van der Waals surface area contributed by atoms with Gasteiger partial charge in [0.2, 0.25) is 11.8 Å². The van der Waals surface area contributed by atoms with E-state index in [-0.39, 0.29) is 29.1 Å². The molecule has 0 aliphatic heterocycles.